The maximum atomic E-state index is 11.5. The van der Waals surface area contributed by atoms with Gasteiger partial charge in [0.1, 0.15) is 5.69 Å². The van der Waals surface area contributed by atoms with Crippen molar-refractivity contribution in [2.24, 2.45) is 0 Å². The Bertz CT molecular complexity index is 176. The number of aromatic nitrogens is 2. The minimum atomic E-state index is -4.35. The van der Waals surface area contributed by atoms with Crippen LogP contribution >= 0.6 is 0 Å². The van der Waals surface area contributed by atoms with Crippen LogP contribution in [0.5, 0.6) is 0 Å². The summed E-state index contributed by atoms with van der Waals surface area (Å²) in [5.41, 5.74) is -0.942. The highest BCUT2D eigenvalue weighted by Crippen LogP contribution is 2.26. The van der Waals surface area contributed by atoms with Gasteiger partial charge in [0.15, 0.2) is 0 Å². The van der Waals surface area contributed by atoms with E-state index in [9.17, 15) is 13.2 Å². The lowest BCUT2D eigenvalue weighted by Crippen LogP contribution is -2.04. The first-order chi connectivity index (χ1) is 4.11. The van der Waals surface area contributed by atoms with Crippen LogP contribution in [0.4, 0.5) is 13.2 Å². The highest BCUT2D eigenvalue weighted by Gasteiger charge is 2.30. The van der Waals surface area contributed by atoms with Gasteiger partial charge in [-0.15, -0.1) is 0 Å². The van der Waals surface area contributed by atoms with Crippen LogP contribution in [0.15, 0.2) is 12.3 Å². The number of hydrogen-bond donors (Lipinski definition) is 0. The molecule has 0 aliphatic rings. The molecule has 9 heavy (non-hydrogen) atoms. The van der Waals surface area contributed by atoms with Crippen LogP contribution in [0.2, 0.25) is 0 Å². The van der Waals surface area contributed by atoms with Crippen molar-refractivity contribution < 1.29 is 13.2 Å². The van der Waals surface area contributed by atoms with Crippen molar-refractivity contribution in [1.82, 2.24) is 10.2 Å². The van der Waals surface area contributed by atoms with E-state index < -0.39 is 11.9 Å². The van der Waals surface area contributed by atoms with Gasteiger partial charge in [0, 0.05) is 0 Å². The average molecular weight is 135 g/mol. The van der Waals surface area contributed by atoms with Gasteiger partial charge in [0.2, 0.25) is 0 Å². The fraction of sp³-hybridized carbons (Fsp3) is 0.250. The normalized spacial score (nSPS) is 11.9. The molecule has 0 bridgehead atoms. The lowest BCUT2D eigenvalue weighted by molar-refractivity contribution is -0.141. The van der Waals surface area contributed by atoms with Gasteiger partial charge in [-0.25, -0.2) is 0 Å². The second-order valence-corrected chi connectivity index (χ2v) is 1.41. The molecule has 0 amide bonds. The minimum absolute atomic E-state index is 0.819. The Morgan fingerprint density at radius 3 is 2.33 bits per heavy atom. The van der Waals surface area contributed by atoms with Gasteiger partial charge in [0.05, 0.1) is 0 Å². The Hall–Kier alpha value is -1.00. The van der Waals surface area contributed by atoms with E-state index in [-0.39, 0.29) is 0 Å². The first-order valence-corrected chi connectivity index (χ1v) is 2.12. The molecule has 5 heteroatoms. The molecule has 1 heterocycles. The van der Waals surface area contributed by atoms with E-state index in [1.54, 1.807) is 0 Å². The summed E-state index contributed by atoms with van der Waals surface area (Å²) in [5.74, 6) is 0. The van der Waals surface area contributed by atoms with Gasteiger partial charge in [-0.1, -0.05) is 6.07 Å². The zero-order valence-electron chi connectivity index (χ0n) is 4.18. The summed E-state index contributed by atoms with van der Waals surface area (Å²) in [4.78, 5) is 0. The average Bonchev–Trinajstić information content (AvgIpc) is 2.08. The van der Waals surface area contributed by atoms with E-state index in [1.165, 1.54) is 0 Å². The quantitative estimate of drug-likeness (QED) is 0.531. The van der Waals surface area contributed by atoms with Gasteiger partial charge in [-0.3, -0.25) is 0 Å². The molecule has 0 aliphatic heterocycles. The molecule has 0 spiro atoms. The van der Waals surface area contributed by atoms with Crippen LogP contribution in [-0.2, 0) is 6.18 Å². The molecule has 1 aromatic rings. The standard InChI is InChI=1S/C4H2F3N2/c5-4(6,7)3-1-2-8-9-3/h1-2H/q-1. The molecule has 0 aliphatic carbocycles. The second kappa shape index (κ2) is 1.75. The Balaban J connectivity index is 2.90. The van der Waals surface area contributed by atoms with Crippen molar-refractivity contribution in [1.29, 1.82) is 0 Å². The summed E-state index contributed by atoms with van der Waals surface area (Å²) in [6.45, 7) is 0. The molecule has 0 fully saturated rings. The third-order valence-electron chi connectivity index (χ3n) is 0.755. The summed E-state index contributed by atoms with van der Waals surface area (Å²) in [6.07, 6.45) is -3.35. The van der Waals surface area contributed by atoms with E-state index in [2.05, 4.69) is 10.2 Å². The van der Waals surface area contributed by atoms with E-state index >= 15 is 0 Å². The molecular formula is C4H2F3N2-. The number of alkyl halides is 3. The fourth-order valence-corrected chi connectivity index (χ4v) is 0.384. The molecule has 0 saturated carbocycles. The summed E-state index contributed by atoms with van der Waals surface area (Å²) in [7, 11) is 0. The van der Waals surface area contributed by atoms with E-state index in [0.29, 0.717) is 0 Å². The number of rotatable bonds is 0. The topological polar surface area (TPSA) is 27.0 Å². The van der Waals surface area contributed by atoms with E-state index in [1.807, 2.05) is 0 Å². The van der Waals surface area contributed by atoms with Crippen molar-refractivity contribution >= 4 is 0 Å². The molecule has 1 aromatic heterocycles. The second-order valence-electron chi connectivity index (χ2n) is 1.41. The van der Waals surface area contributed by atoms with Crippen LogP contribution in [0.3, 0.4) is 0 Å². The minimum Gasteiger partial charge on any atom is -0.581 e. The molecule has 0 saturated heterocycles. The summed E-state index contributed by atoms with van der Waals surface area (Å²) in [5, 5.41) is 5.83. The number of halogens is 3. The first kappa shape index (κ1) is 6.12. The highest BCUT2D eigenvalue weighted by atomic mass is 19.4. The lowest BCUT2D eigenvalue weighted by atomic mass is 10.4. The van der Waals surface area contributed by atoms with Crippen molar-refractivity contribution in [3.63, 3.8) is 0 Å². The lowest BCUT2D eigenvalue weighted by Gasteiger charge is -2.01. The molecule has 2 nitrogen and oxygen atoms in total. The molecule has 1 rings (SSSR count). The van der Waals surface area contributed by atoms with Gasteiger partial charge >= 0.3 is 6.18 Å². The molecule has 0 radical (unpaired) electrons. The van der Waals surface area contributed by atoms with Crippen LogP contribution in [0.25, 0.3) is 0 Å². The number of nitrogens with zero attached hydrogens (tertiary/aromatic N) is 2. The van der Waals surface area contributed by atoms with Crippen molar-refractivity contribution in [3.05, 3.63) is 18.0 Å². The molecule has 0 atom stereocenters. The third kappa shape index (κ3) is 1.22. The Morgan fingerprint density at radius 2 is 2.11 bits per heavy atom. The SMILES string of the molecule is FC(F)(F)c1cc[n-]n1. The van der Waals surface area contributed by atoms with Crippen LogP contribution in [-0.4, -0.2) is 5.10 Å². The maximum absolute atomic E-state index is 11.5. The number of hydrogen-bond acceptors (Lipinski definition) is 1. The third-order valence-corrected chi connectivity index (χ3v) is 0.755. The molecule has 0 unspecified atom stereocenters. The smallest absolute Gasteiger partial charge is 0.431 e. The van der Waals surface area contributed by atoms with Crippen molar-refractivity contribution in [3.8, 4) is 0 Å². The molecule has 0 N–H and O–H groups in total. The fourth-order valence-electron chi connectivity index (χ4n) is 0.384. The van der Waals surface area contributed by atoms with E-state index in [4.69, 9.17) is 0 Å². The van der Waals surface area contributed by atoms with Crippen LogP contribution < -0.4 is 5.10 Å². The predicted molar refractivity (Wildman–Crippen MR) is 22.6 cm³/mol. The summed E-state index contributed by atoms with van der Waals surface area (Å²) < 4.78 is 34.6. The monoisotopic (exact) mass is 135 g/mol. The van der Waals surface area contributed by atoms with Gasteiger partial charge < -0.3 is 10.2 Å². The Labute approximate surface area is 48.7 Å². The van der Waals surface area contributed by atoms with E-state index in [0.717, 1.165) is 12.3 Å². The summed E-state index contributed by atoms with van der Waals surface area (Å²) in [6, 6.07) is 0.819. The predicted octanol–water partition coefficient (Wildman–Crippen LogP) is 1.06. The molecule has 0 aromatic carbocycles. The Kier molecular flexibility index (Phi) is 1.19. The zero-order chi connectivity index (χ0) is 6.91. The van der Waals surface area contributed by atoms with Gasteiger partial charge in [0.25, 0.3) is 0 Å². The van der Waals surface area contributed by atoms with Crippen LogP contribution in [0, 0.1) is 0 Å². The van der Waals surface area contributed by atoms with Gasteiger partial charge in [-0.2, -0.15) is 19.4 Å². The first-order valence-electron chi connectivity index (χ1n) is 2.12. The van der Waals surface area contributed by atoms with Crippen molar-refractivity contribution in [2.45, 2.75) is 6.18 Å². The Morgan fingerprint density at radius 1 is 1.44 bits per heavy atom. The molecular weight excluding hydrogens is 133 g/mol. The van der Waals surface area contributed by atoms with Gasteiger partial charge in [-0.05, 0) is 0 Å². The largest absolute Gasteiger partial charge is 0.581 e. The van der Waals surface area contributed by atoms with Crippen LogP contribution in [0.1, 0.15) is 5.69 Å². The summed E-state index contributed by atoms with van der Waals surface area (Å²) >= 11 is 0. The maximum Gasteiger partial charge on any atom is 0.431 e. The highest BCUT2D eigenvalue weighted by molar-refractivity contribution is 5.01. The zero-order valence-corrected chi connectivity index (χ0v) is 4.18. The van der Waals surface area contributed by atoms with Crippen molar-refractivity contribution in [2.75, 3.05) is 0 Å². The molecule has 50 valence electrons.